The molecule has 1 atom stereocenters. The van der Waals surface area contributed by atoms with Crippen LogP contribution in [0.3, 0.4) is 0 Å². The second kappa shape index (κ2) is 7.40. The summed E-state index contributed by atoms with van der Waals surface area (Å²) in [7, 11) is 0. The van der Waals surface area contributed by atoms with E-state index in [0.717, 1.165) is 15.6 Å². The standard InChI is InChI=1S/C15H16BrNO2/c16-14-8-4-7-13(9-14)15(18)10-17-19-11-12-5-2-1-3-6-12/h1-9,15,17-18H,10-11H2. The van der Waals surface area contributed by atoms with Crippen LogP contribution in [-0.4, -0.2) is 11.7 Å². The lowest BCUT2D eigenvalue weighted by Crippen LogP contribution is -2.21. The van der Waals surface area contributed by atoms with E-state index in [1.807, 2.05) is 54.6 Å². The van der Waals surface area contributed by atoms with Gasteiger partial charge in [-0.05, 0) is 23.3 Å². The first-order valence-electron chi connectivity index (χ1n) is 6.08. The highest BCUT2D eigenvalue weighted by atomic mass is 79.9. The zero-order valence-corrected chi connectivity index (χ0v) is 12.0. The number of hydrogen-bond acceptors (Lipinski definition) is 3. The molecule has 3 nitrogen and oxygen atoms in total. The molecule has 2 aromatic rings. The van der Waals surface area contributed by atoms with E-state index in [1.165, 1.54) is 0 Å². The Morgan fingerprint density at radius 1 is 1.11 bits per heavy atom. The second-order valence-electron chi connectivity index (χ2n) is 4.19. The minimum Gasteiger partial charge on any atom is -0.387 e. The first-order chi connectivity index (χ1) is 9.25. The van der Waals surface area contributed by atoms with Gasteiger partial charge >= 0.3 is 0 Å². The Hall–Kier alpha value is -1.20. The number of nitrogens with one attached hydrogen (secondary N) is 1. The Bertz CT molecular complexity index is 505. The molecular formula is C15H16BrNO2. The molecule has 19 heavy (non-hydrogen) atoms. The smallest absolute Gasteiger partial charge is 0.0938 e. The van der Waals surface area contributed by atoms with Crippen LogP contribution in [0.4, 0.5) is 0 Å². The largest absolute Gasteiger partial charge is 0.387 e. The third kappa shape index (κ3) is 4.76. The van der Waals surface area contributed by atoms with Crippen LogP contribution in [-0.2, 0) is 11.4 Å². The molecule has 0 spiro atoms. The van der Waals surface area contributed by atoms with Crippen molar-refractivity contribution in [1.82, 2.24) is 5.48 Å². The maximum absolute atomic E-state index is 9.98. The van der Waals surface area contributed by atoms with Crippen molar-refractivity contribution in [2.45, 2.75) is 12.7 Å². The van der Waals surface area contributed by atoms with E-state index in [4.69, 9.17) is 4.84 Å². The summed E-state index contributed by atoms with van der Waals surface area (Å²) >= 11 is 3.38. The van der Waals surface area contributed by atoms with Gasteiger partial charge in [0, 0.05) is 4.47 Å². The maximum Gasteiger partial charge on any atom is 0.0938 e. The molecule has 0 radical (unpaired) electrons. The third-order valence-corrected chi connectivity index (χ3v) is 3.19. The van der Waals surface area contributed by atoms with Gasteiger partial charge in [0.25, 0.3) is 0 Å². The fraction of sp³-hybridized carbons (Fsp3) is 0.200. The molecular weight excluding hydrogens is 306 g/mol. The van der Waals surface area contributed by atoms with Crippen LogP contribution in [0.15, 0.2) is 59.1 Å². The number of hydroxylamine groups is 1. The molecule has 0 saturated heterocycles. The van der Waals surface area contributed by atoms with Crippen LogP contribution in [0.2, 0.25) is 0 Å². The predicted octanol–water partition coefficient (Wildman–Crippen LogP) is 3.20. The van der Waals surface area contributed by atoms with Gasteiger partial charge < -0.3 is 5.11 Å². The van der Waals surface area contributed by atoms with Gasteiger partial charge in [-0.3, -0.25) is 4.84 Å². The molecule has 0 aromatic heterocycles. The summed E-state index contributed by atoms with van der Waals surface area (Å²) in [6.07, 6.45) is -0.590. The van der Waals surface area contributed by atoms with Crippen molar-refractivity contribution in [3.05, 3.63) is 70.2 Å². The van der Waals surface area contributed by atoms with E-state index in [0.29, 0.717) is 13.2 Å². The van der Waals surface area contributed by atoms with Crippen molar-refractivity contribution in [2.24, 2.45) is 0 Å². The average Bonchev–Trinajstić information content (AvgIpc) is 2.44. The summed E-state index contributed by atoms with van der Waals surface area (Å²) in [6, 6.07) is 17.5. The average molecular weight is 322 g/mol. The molecule has 0 aliphatic heterocycles. The van der Waals surface area contributed by atoms with Crippen molar-refractivity contribution in [3.8, 4) is 0 Å². The lowest BCUT2D eigenvalue weighted by Gasteiger charge is -2.12. The number of aliphatic hydroxyl groups excluding tert-OH is 1. The Kier molecular flexibility index (Phi) is 5.54. The summed E-state index contributed by atoms with van der Waals surface area (Å²) in [5.74, 6) is 0. The van der Waals surface area contributed by atoms with Crippen LogP contribution < -0.4 is 5.48 Å². The van der Waals surface area contributed by atoms with Crippen molar-refractivity contribution in [3.63, 3.8) is 0 Å². The van der Waals surface area contributed by atoms with E-state index in [1.54, 1.807) is 0 Å². The van der Waals surface area contributed by atoms with Gasteiger partial charge in [0.1, 0.15) is 0 Å². The lowest BCUT2D eigenvalue weighted by atomic mass is 10.1. The second-order valence-corrected chi connectivity index (χ2v) is 5.11. The maximum atomic E-state index is 9.98. The van der Waals surface area contributed by atoms with Crippen molar-refractivity contribution < 1.29 is 9.94 Å². The normalized spacial score (nSPS) is 12.3. The summed E-state index contributed by atoms with van der Waals surface area (Å²) in [6.45, 7) is 0.829. The molecule has 2 rings (SSSR count). The van der Waals surface area contributed by atoms with Crippen LogP contribution in [0.1, 0.15) is 17.2 Å². The molecule has 0 amide bonds. The van der Waals surface area contributed by atoms with Gasteiger partial charge in [0.05, 0.1) is 19.3 Å². The minimum absolute atomic E-state index is 0.350. The van der Waals surface area contributed by atoms with Gasteiger partial charge in [-0.1, -0.05) is 58.4 Å². The molecule has 2 N–H and O–H groups in total. The molecule has 0 saturated carbocycles. The number of aliphatic hydroxyl groups is 1. The highest BCUT2D eigenvalue weighted by Crippen LogP contribution is 2.17. The number of halogens is 1. The topological polar surface area (TPSA) is 41.5 Å². The fourth-order valence-corrected chi connectivity index (χ4v) is 2.10. The number of rotatable bonds is 6. The molecule has 4 heteroatoms. The third-order valence-electron chi connectivity index (χ3n) is 2.69. The van der Waals surface area contributed by atoms with Crippen LogP contribution in [0.25, 0.3) is 0 Å². The number of hydrogen-bond donors (Lipinski definition) is 2. The fourth-order valence-electron chi connectivity index (χ4n) is 1.68. The summed E-state index contributed by atoms with van der Waals surface area (Å²) in [5, 5.41) is 9.98. The van der Waals surface area contributed by atoms with E-state index in [-0.39, 0.29) is 0 Å². The molecule has 0 bridgehead atoms. The highest BCUT2D eigenvalue weighted by molar-refractivity contribution is 9.10. The monoisotopic (exact) mass is 321 g/mol. The molecule has 0 fully saturated rings. The van der Waals surface area contributed by atoms with Gasteiger partial charge in [-0.15, -0.1) is 0 Å². The van der Waals surface area contributed by atoms with Crippen LogP contribution in [0, 0.1) is 0 Å². The molecule has 0 aliphatic rings. The first-order valence-corrected chi connectivity index (χ1v) is 6.87. The quantitative estimate of drug-likeness (QED) is 0.634. The minimum atomic E-state index is -0.590. The van der Waals surface area contributed by atoms with Gasteiger partial charge in [-0.2, -0.15) is 5.48 Å². The van der Waals surface area contributed by atoms with Gasteiger partial charge in [-0.25, -0.2) is 0 Å². The molecule has 100 valence electrons. The van der Waals surface area contributed by atoms with Crippen molar-refractivity contribution in [1.29, 1.82) is 0 Å². The molecule has 0 aliphatic carbocycles. The van der Waals surface area contributed by atoms with E-state index in [2.05, 4.69) is 21.4 Å². The zero-order valence-electron chi connectivity index (χ0n) is 10.4. The SMILES string of the molecule is OC(CNOCc1ccccc1)c1cccc(Br)c1. The van der Waals surface area contributed by atoms with Gasteiger partial charge in [0.15, 0.2) is 0 Å². The molecule has 1 unspecified atom stereocenters. The van der Waals surface area contributed by atoms with E-state index < -0.39 is 6.10 Å². The Morgan fingerprint density at radius 3 is 2.63 bits per heavy atom. The van der Waals surface area contributed by atoms with E-state index in [9.17, 15) is 5.11 Å². The Morgan fingerprint density at radius 2 is 1.89 bits per heavy atom. The lowest BCUT2D eigenvalue weighted by molar-refractivity contribution is 0.00269. The summed E-state index contributed by atoms with van der Waals surface area (Å²) < 4.78 is 0.953. The predicted molar refractivity (Wildman–Crippen MR) is 78.3 cm³/mol. The van der Waals surface area contributed by atoms with Crippen molar-refractivity contribution >= 4 is 15.9 Å². The van der Waals surface area contributed by atoms with Crippen molar-refractivity contribution in [2.75, 3.05) is 6.54 Å². The molecule has 0 heterocycles. The van der Waals surface area contributed by atoms with Crippen LogP contribution >= 0.6 is 15.9 Å². The van der Waals surface area contributed by atoms with Crippen LogP contribution in [0.5, 0.6) is 0 Å². The Balaban J connectivity index is 1.74. The van der Waals surface area contributed by atoms with E-state index >= 15 is 0 Å². The Labute approximate surface area is 121 Å². The zero-order chi connectivity index (χ0) is 13.5. The van der Waals surface area contributed by atoms with Gasteiger partial charge in [0.2, 0.25) is 0 Å². The summed E-state index contributed by atoms with van der Waals surface area (Å²) in [5.41, 5.74) is 4.73. The summed E-state index contributed by atoms with van der Waals surface area (Å²) in [4.78, 5) is 5.32. The first kappa shape index (κ1) is 14.2. The molecule has 2 aromatic carbocycles. The number of benzene rings is 2. The highest BCUT2D eigenvalue weighted by Gasteiger charge is 2.07.